The number of non-ortho nitro benzene ring substituents is 1. The SMILES string of the molecule is CCC1SC2=NC(C)=C(C(=O)OC(C)C)C(c3cccc([N+](=O)[O-])c3)N2C1=O. The Morgan fingerprint density at radius 1 is 1.43 bits per heavy atom. The topological polar surface area (TPSA) is 102 Å². The molecule has 1 amide bonds. The molecule has 3 rings (SSSR count). The summed E-state index contributed by atoms with van der Waals surface area (Å²) in [6, 6.07) is 5.17. The summed E-state index contributed by atoms with van der Waals surface area (Å²) in [6.07, 6.45) is 0.266. The zero-order chi connectivity index (χ0) is 20.6. The van der Waals surface area contributed by atoms with E-state index in [2.05, 4.69) is 4.99 Å². The van der Waals surface area contributed by atoms with Crippen LogP contribution in [0.3, 0.4) is 0 Å². The van der Waals surface area contributed by atoms with Crippen LogP contribution >= 0.6 is 11.8 Å². The van der Waals surface area contributed by atoms with E-state index in [9.17, 15) is 19.7 Å². The van der Waals surface area contributed by atoms with Crippen molar-refractivity contribution in [2.24, 2.45) is 4.99 Å². The largest absolute Gasteiger partial charge is 0.459 e. The van der Waals surface area contributed by atoms with Crippen molar-refractivity contribution in [3.05, 3.63) is 51.2 Å². The first-order chi connectivity index (χ1) is 13.2. The van der Waals surface area contributed by atoms with Crippen LogP contribution in [0.25, 0.3) is 0 Å². The highest BCUT2D eigenvalue weighted by atomic mass is 32.2. The number of thioether (sulfide) groups is 1. The van der Waals surface area contributed by atoms with Crippen LogP contribution in [0.15, 0.2) is 40.5 Å². The maximum absolute atomic E-state index is 13.0. The quantitative estimate of drug-likeness (QED) is 0.423. The first kappa shape index (κ1) is 20.1. The normalized spacial score (nSPS) is 21.7. The number of carbonyl (C=O) groups is 2. The van der Waals surface area contributed by atoms with E-state index in [1.807, 2.05) is 6.92 Å². The number of nitrogens with zero attached hydrogens (tertiary/aromatic N) is 3. The molecule has 8 nitrogen and oxygen atoms in total. The Hall–Kier alpha value is -2.68. The molecule has 28 heavy (non-hydrogen) atoms. The Morgan fingerprint density at radius 2 is 2.14 bits per heavy atom. The molecule has 0 N–H and O–H groups in total. The van der Waals surface area contributed by atoms with Crippen LogP contribution in [0.1, 0.15) is 45.7 Å². The van der Waals surface area contributed by atoms with Gasteiger partial charge in [-0.25, -0.2) is 9.79 Å². The lowest BCUT2D eigenvalue weighted by molar-refractivity contribution is -0.384. The Kier molecular flexibility index (Phi) is 5.55. The molecule has 0 spiro atoms. The first-order valence-electron chi connectivity index (χ1n) is 8.99. The number of aliphatic imine (C=N–C) groups is 1. The molecule has 1 fully saturated rings. The highest BCUT2D eigenvalue weighted by Crippen LogP contribution is 2.44. The van der Waals surface area contributed by atoms with Crippen molar-refractivity contribution in [1.29, 1.82) is 0 Å². The Labute approximate surface area is 166 Å². The molecule has 0 aliphatic carbocycles. The molecular weight excluding hydrogens is 382 g/mol. The fourth-order valence-corrected chi connectivity index (χ4v) is 4.39. The third-order valence-corrected chi connectivity index (χ3v) is 5.80. The minimum Gasteiger partial charge on any atom is -0.459 e. The van der Waals surface area contributed by atoms with E-state index in [0.717, 1.165) is 0 Å². The maximum atomic E-state index is 13.0. The molecule has 1 aromatic rings. The smallest absolute Gasteiger partial charge is 0.338 e. The molecule has 9 heteroatoms. The second-order valence-electron chi connectivity index (χ2n) is 6.83. The fourth-order valence-electron chi connectivity index (χ4n) is 3.25. The Balaban J connectivity index is 2.16. The lowest BCUT2D eigenvalue weighted by Gasteiger charge is -2.33. The van der Waals surface area contributed by atoms with Gasteiger partial charge >= 0.3 is 5.97 Å². The van der Waals surface area contributed by atoms with E-state index in [0.29, 0.717) is 22.8 Å². The highest BCUT2D eigenvalue weighted by molar-refractivity contribution is 8.15. The molecule has 2 unspecified atom stereocenters. The van der Waals surface area contributed by atoms with Gasteiger partial charge in [0, 0.05) is 12.1 Å². The summed E-state index contributed by atoms with van der Waals surface area (Å²) < 4.78 is 5.38. The number of hydrogen-bond acceptors (Lipinski definition) is 7. The first-order valence-corrected chi connectivity index (χ1v) is 9.87. The second-order valence-corrected chi connectivity index (χ2v) is 8.00. The van der Waals surface area contributed by atoms with Gasteiger partial charge in [0.25, 0.3) is 5.69 Å². The van der Waals surface area contributed by atoms with Gasteiger partial charge in [0.1, 0.15) is 0 Å². The van der Waals surface area contributed by atoms with E-state index in [1.165, 1.54) is 28.8 Å². The van der Waals surface area contributed by atoms with Gasteiger partial charge in [-0.1, -0.05) is 30.8 Å². The molecule has 2 heterocycles. The standard InChI is InChI=1S/C19H21N3O5S/c1-5-14-17(23)21-16(12-7-6-8-13(9-12)22(25)26)15(18(24)27-10(2)3)11(4)20-19(21)28-14/h6-10,14,16H,5H2,1-4H3. The minimum absolute atomic E-state index is 0.109. The molecule has 2 aliphatic rings. The lowest BCUT2D eigenvalue weighted by Crippen LogP contribution is -2.41. The summed E-state index contributed by atoms with van der Waals surface area (Å²) in [6.45, 7) is 7.07. The molecule has 0 aromatic heterocycles. The number of carbonyl (C=O) groups excluding carboxylic acids is 2. The highest BCUT2D eigenvalue weighted by Gasteiger charge is 2.47. The molecule has 2 atom stereocenters. The van der Waals surface area contributed by atoms with E-state index < -0.39 is 16.9 Å². The number of ether oxygens (including phenoxy) is 1. The van der Waals surface area contributed by atoms with Gasteiger partial charge in [0.2, 0.25) is 5.91 Å². The number of rotatable bonds is 5. The third-order valence-electron chi connectivity index (χ3n) is 4.48. The van der Waals surface area contributed by atoms with Gasteiger partial charge in [-0.3, -0.25) is 19.8 Å². The maximum Gasteiger partial charge on any atom is 0.338 e. The van der Waals surface area contributed by atoms with E-state index in [-0.39, 0.29) is 28.5 Å². The molecule has 0 saturated carbocycles. The van der Waals surface area contributed by atoms with Crippen LogP contribution in [-0.4, -0.2) is 38.2 Å². The van der Waals surface area contributed by atoms with Gasteiger partial charge in [-0.2, -0.15) is 0 Å². The van der Waals surface area contributed by atoms with Gasteiger partial charge in [-0.15, -0.1) is 0 Å². The van der Waals surface area contributed by atoms with Crippen molar-refractivity contribution in [1.82, 2.24) is 4.90 Å². The van der Waals surface area contributed by atoms with Crippen LogP contribution in [0.5, 0.6) is 0 Å². The van der Waals surface area contributed by atoms with Crippen molar-refractivity contribution in [2.75, 3.05) is 0 Å². The number of amides is 1. The molecule has 1 saturated heterocycles. The minimum atomic E-state index is -0.810. The average Bonchev–Trinajstić information content (AvgIpc) is 2.95. The van der Waals surface area contributed by atoms with Gasteiger partial charge in [-0.05, 0) is 32.8 Å². The van der Waals surface area contributed by atoms with Crippen LogP contribution in [0.2, 0.25) is 0 Å². The lowest BCUT2D eigenvalue weighted by atomic mass is 9.94. The van der Waals surface area contributed by atoms with E-state index in [4.69, 9.17) is 4.74 Å². The predicted molar refractivity (Wildman–Crippen MR) is 106 cm³/mol. The number of benzene rings is 1. The summed E-state index contributed by atoms with van der Waals surface area (Å²) >= 11 is 1.35. The number of amidine groups is 1. The predicted octanol–water partition coefficient (Wildman–Crippen LogP) is 3.59. The van der Waals surface area contributed by atoms with Gasteiger partial charge in [0.15, 0.2) is 5.17 Å². The van der Waals surface area contributed by atoms with E-state index in [1.54, 1.807) is 32.9 Å². The van der Waals surface area contributed by atoms with Crippen molar-refractivity contribution in [3.8, 4) is 0 Å². The summed E-state index contributed by atoms with van der Waals surface area (Å²) in [5, 5.41) is 11.5. The molecule has 1 aromatic carbocycles. The Bertz CT molecular complexity index is 909. The number of hydrogen-bond donors (Lipinski definition) is 0. The number of allylic oxidation sites excluding steroid dienone is 1. The zero-order valence-corrected chi connectivity index (χ0v) is 16.9. The average molecular weight is 403 g/mol. The number of fused-ring (bicyclic) bond motifs is 1. The van der Waals surface area contributed by atoms with Crippen molar-refractivity contribution in [2.45, 2.75) is 51.5 Å². The summed E-state index contributed by atoms with van der Waals surface area (Å²) in [5.74, 6) is -0.741. The molecular formula is C19H21N3O5S. The number of esters is 1. The molecule has 2 aliphatic heterocycles. The van der Waals surface area contributed by atoms with Crippen molar-refractivity contribution < 1.29 is 19.2 Å². The summed E-state index contributed by atoms with van der Waals surface area (Å²) in [4.78, 5) is 42.5. The van der Waals surface area contributed by atoms with Crippen molar-refractivity contribution in [3.63, 3.8) is 0 Å². The van der Waals surface area contributed by atoms with Gasteiger partial charge < -0.3 is 4.74 Å². The van der Waals surface area contributed by atoms with E-state index >= 15 is 0 Å². The third kappa shape index (κ3) is 3.54. The molecule has 148 valence electrons. The van der Waals surface area contributed by atoms with Crippen molar-refractivity contribution >= 4 is 34.5 Å². The van der Waals surface area contributed by atoms with Crippen LogP contribution < -0.4 is 0 Å². The van der Waals surface area contributed by atoms with Gasteiger partial charge in [0.05, 0.1) is 33.6 Å². The summed E-state index contributed by atoms with van der Waals surface area (Å²) in [5.41, 5.74) is 1.04. The van der Waals surface area contributed by atoms with Crippen LogP contribution in [0, 0.1) is 10.1 Å². The number of nitro groups is 1. The number of nitro benzene ring substituents is 1. The van der Waals surface area contributed by atoms with Crippen LogP contribution in [-0.2, 0) is 14.3 Å². The Morgan fingerprint density at radius 3 is 2.75 bits per heavy atom. The second kappa shape index (κ2) is 7.75. The molecule has 0 bridgehead atoms. The zero-order valence-electron chi connectivity index (χ0n) is 16.0. The fraction of sp³-hybridized carbons (Fsp3) is 0.421. The van der Waals surface area contributed by atoms with Crippen LogP contribution in [0.4, 0.5) is 5.69 Å². The summed E-state index contributed by atoms with van der Waals surface area (Å²) in [7, 11) is 0. The monoisotopic (exact) mass is 403 g/mol. The molecule has 0 radical (unpaired) electrons.